The molecule has 6 aromatic rings. The Bertz CT molecular complexity index is 1670. The molecule has 6 rings (SSSR count). The Kier molecular flexibility index (Phi) is 5.55. The van der Waals surface area contributed by atoms with Crippen molar-refractivity contribution in [3.05, 3.63) is 103 Å². The molecule has 0 fully saturated rings. The molecule has 35 heavy (non-hydrogen) atoms. The van der Waals surface area contributed by atoms with Gasteiger partial charge in [-0.25, -0.2) is 0 Å². The van der Waals surface area contributed by atoms with Crippen molar-refractivity contribution in [2.45, 2.75) is 17.3 Å². The summed E-state index contributed by atoms with van der Waals surface area (Å²) in [6.07, 6.45) is 1.94. The molecular formula is C31H26GeN2S. The predicted octanol–water partition coefficient (Wildman–Crippen LogP) is 8.39. The van der Waals surface area contributed by atoms with E-state index in [1.165, 1.54) is 31.0 Å². The summed E-state index contributed by atoms with van der Waals surface area (Å²) in [7, 11) is 0. The molecule has 2 heterocycles. The number of aromatic nitrogens is 2. The molecule has 0 aliphatic carbocycles. The van der Waals surface area contributed by atoms with Gasteiger partial charge in [-0.2, -0.15) is 0 Å². The molecule has 2 aromatic heterocycles. The van der Waals surface area contributed by atoms with E-state index in [9.17, 15) is 0 Å². The normalized spacial score (nSPS) is 11.9. The Morgan fingerprint density at radius 3 is 2.11 bits per heavy atom. The van der Waals surface area contributed by atoms with E-state index in [2.05, 4.69) is 108 Å². The zero-order chi connectivity index (χ0) is 24.0. The van der Waals surface area contributed by atoms with Gasteiger partial charge in [0, 0.05) is 0 Å². The van der Waals surface area contributed by atoms with Gasteiger partial charge in [-0.05, 0) is 0 Å². The number of hydrogen-bond acceptors (Lipinski definition) is 3. The Morgan fingerprint density at radius 2 is 1.40 bits per heavy atom. The molecule has 0 saturated heterocycles. The summed E-state index contributed by atoms with van der Waals surface area (Å²) in [5.74, 6) is 7.32. The fourth-order valence-corrected chi connectivity index (χ4v) is 8.13. The van der Waals surface area contributed by atoms with Crippen LogP contribution >= 0.6 is 11.3 Å². The van der Waals surface area contributed by atoms with Gasteiger partial charge in [0.25, 0.3) is 0 Å². The molecule has 0 radical (unpaired) electrons. The zero-order valence-corrected chi connectivity index (χ0v) is 23.0. The summed E-state index contributed by atoms with van der Waals surface area (Å²) in [4.78, 5) is 9.95. The summed E-state index contributed by atoms with van der Waals surface area (Å²) in [5.41, 5.74) is 6.70. The molecule has 4 heteroatoms. The van der Waals surface area contributed by atoms with Gasteiger partial charge in [0.2, 0.25) is 0 Å². The van der Waals surface area contributed by atoms with E-state index in [-0.39, 0.29) is 0 Å². The second-order valence-corrected chi connectivity index (χ2v) is 21.6. The van der Waals surface area contributed by atoms with Gasteiger partial charge in [-0.3, -0.25) is 0 Å². The molecule has 0 amide bonds. The third-order valence-electron chi connectivity index (χ3n) is 6.50. The SMILES string of the molecule is [CH3][Ge]([CH3])([CH3])[c]1ccc2c(-c3cc(-c4ccccc4)c4sc(-c5ccccc5)nc4c3)nccc2c1. The van der Waals surface area contributed by atoms with Gasteiger partial charge in [0.05, 0.1) is 0 Å². The Labute approximate surface area is 212 Å². The van der Waals surface area contributed by atoms with Crippen LogP contribution in [0.4, 0.5) is 0 Å². The first-order chi connectivity index (χ1) is 17.0. The maximum absolute atomic E-state index is 5.08. The van der Waals surface area contributed by atoms with Gasteiger partial charge >= 0.3 is 195 Å². The van der Waals surface area contributed by atoms with E-state index < -0.39 is 13.3 Å². The van der Waals surface area contributed by atoms with Gasteiger partial charge in [-0.15, -0.1) is 0 Å². The van der Waals surface area contributed by atoms with Crippen molar-refractivity contribution < 1.29 is 0 Å². The summed E-state index contributed by atoms with van der Waals surface area (Å²) in [6.45, 7) is 0. The van der Waals surface area contributed by atoms with E-state index in [0.29, 0.717) is 0 Å². The second-order valence-electron chi connectivity index (χ2n) is 9.97. The fraction of sp³-hybridized carbons (Fsp3) is 0.0968. The van der Waals surface area contributed by atoms with E-state index >= 15 is 0 Å². The van der Waals surface area contributed by atoms with Crippen LogP contribution in [0.25, 0.3) is 53.9 Å². The van der Waals surface area contributed by atoms with E-state index in [1.807, 2.05) is 12.3 Å². The Hall–Kier alpha value is -3.28. The van der Waals surface area contributed by atoms with E-state index in [0.717, 1.165) is 27.3 Å². The van der Waals surface area contributed by atoms with Crippen molar-refractivity contribution >= 4 is 50.0 Å². The Balaban J connectivity index is 1.60. The minimum atomic E-state index is -1.92. The van der Waals surface area contributed by atoms with Crippen LogP contribution in [-0.2, 0) is 0 Å². The summed E-state index contributed by atoms with van der Waals surface area (Å²) < 4.78 is 2.73. The third kappa shape index (κ3) is 4.20. The van der Waals surface area contributed by atoms with Crippen LogP contribution in [0.5, 0.6) is 0 Å². The molecule has 170 valence electrons. The van der Waals surface area contributed by atoms with Crippen LogP contribution in [0.15, 0.2) is 103 Å². The first kappa shape index (κ1) is 22.2. The molecule has 0 aliphatic rings. The summed E-state index contributed by atoms with van der Waals surface area (Å²) in [5, 5.41) is 3.50. The van der Waals surface area contributed by atoms with Crippen LogP contribution in [0.1, 0.15) is 0 Å². The van der Waals surface area contributed by atoms with Crippen molar-refractivity contribution in [2.75, 3.05) is 0 Å². The van der Waals surface area contributed by atoms with Gasteiger partial charge in [0.1, 0.15) is 0 Å². The number of hydrogen-bond donors (Lipinski definition) is 0. The van der Waals surface area contributed by atoms with Crippen LogP contribution in [0.3, 0.4) is 0 Å². The molecule has 4 aromatic carbocycles. The number of rotatable bonds is 4. The van der Waals surface area contributed by atoms with Gasteiger partial charge in [-0.1, -0.05) is 18.2 Å². The maximum atomic E-state index is 5.08. The monoisotopic (exact) mass is 532 g/mol. The molecule has 0 N–H and O–H groups in total. The van der Waals surface area contributed by atoms with Crippen molar-refractivity contribution in [3.63, 3.8) is 0 Å². The van der Waals surface area contributed by atoms with Crippen LogP contribution in [-0.4, -0.2) is 23.2 Å². The third-order valence-corrected chi connectivity index (χ3v) is 11.9. The first-order valence-corrected chi connectivity index (χ1v) is 20.1. The van der Waals surface area contributed by atoms with Gasteiger partial charge < -0.3 is 0 Å². The number of thiazole rings is 1. The second kappa shape index (κ2) is 8.74. The van der Waals surface area contributed by atoms with Crippen LogP contribution < -0.4 is 4.40 Å². The van der Waals surface area contributed by atoms with Crippen molar-refractivity contribution in [1.29, 1.82) is 0 Å². The molecule has 0 atom stereocenters. The van der Waals surface area contributed by atoms with E-state index in [4.69, 9.17) is 9.97 Å². The van der Waals surface area contributed by atoms with Crippen LogP contribution in [0, 0.1) is 0 Å². The molecule has 0 unspecified atom stereocenters. The Morgan fingerprint density at radius 1 is 0.686 bits per heavy atom. The van der Waals surface area contributed by atoms with Crippen molar-refractivity contribution in [1.82, 2.24) is 9.97 Å². The average molecular weight is 531 g/mol. The van der Waals surface area contributed by atoms with Crippen LogP contribution in [0.2, 0.25) is 17.3 Å². The molecular weight excluding hydrogens is 505 g/mol. The fourth-order valence-electron chi connectivity index (χ4n) is 4.58. The zero-order valence-electron chi connectivity index (χ0n) is 20.1. The number of nitrogens with zero attached hydrogens (tertiary/aromatic N) is 2. The number of benzene rings is 4. The van der Waals surface area contributed by atoms with Gasteiger partial charge in [0.15, 0.2) is 0 Å². The van der Waals surface area contributed by atoms with E-state index in [1.54, 1.807) is 11.3 Å². The number of pyridine rings is 1. The summed E-state index contributed by atoms with van der Waals surface area (Å²) >= 11 is -0.161. The molecule has 0 spiro atoms. The summed E-state index contributed by atoms with van der Waals surface area (Å²) in [6, 6.07) is 34.7. The average Bonchev–Trinajstić information content (AvgIpc) is 3.32. The number of fused-ring (bicyclic) bond motifs is 2. The topological polar surface area (TPSA) is 25.8 Å². The molecule has 0 saturated carbocycles. The molecule has 0 aliphatic heterocycles. The van der Waals surface area contributed by atoms with Crippen molar-refractivity contribution in [3.8, 4) is 33.0 Å². The predicted molar refractivity (Wildman–Crippen MR) is 154 cm³/mol. The standard InChI is InChI=1S/C31H26GeN2S/c1-32(2,3)25-14-15-26-23(18-25)16-17-33-29(26)24-19-27(21-10-6-4-7-11-21)30-28(20-24)34-31(35-30)22-12-8-5-9-13-22/h4-20H,1-3H3. The first-order valence-electron chi connectivity index (χ1n) is 11.9. The minimum absolute atomic E-state index is 1.02. The molecule has 0 bridgehead atoms. The quantitative estimate of drug-likeness (QED) is 0.214. The molecule has 2 nitrogen and oxygen atoms in total. The van der Waals surface area contributed by atoms with Crippen molar-refractivity contribution in [2.24, 2.45) is 0 Å².